The van der Waals surface area contributed by atoms with Gasteiger partial charge in [-0.05, 0) is 43.2 Å². The molecule has 1 amide bonds. The van der Waals surface area contributed by atoms with Gasteiger partial charge < -0.3 is 9.64 Å². The number of benzene rings is 1. The van der Waals surface area contributed by atoms with E-state index in [9.17, 15) is 9.18 Å². The van der Waals surface area contributed by atoms with E-state index in [1.165, 1.54) is 12.1 Å². The number of aromatic nitrogens is 1. The van der Waals surface area contributed by atoms with Crippen molar-refractivity contribution in [1.29, 1.82) is 0 Å². The molecule has 1 aromatic carbocycles. The minimum absolute atomic E-state index is 0.0104. The van der Waals surface area contributed by atoms with Crippen LogP contribution >= 0.6 is 0 Å². The SMILES string of the molecule is O=C(c1ccncc1)N(c1cccc(F)c1)C1CCOCC1. The number of anilines is 1. The third kappa shape index (κ3) is 3.14. The van der Waals surface area contributed by atoms with Gasteiger partial charge in [0.1, 0.15) is 5.82 Å². The Labute approximate surface area is 128 Å². The summed E-state index contributed by atoms with van der Waals surface area (Å²) in [6, 6.07) is 9.52. The van der Waals surface area contributed by atoms with Gasteiger partial charge in [-0.3, -0.25) is 9.78 Å². The number of hydrogen-bond acceptors (Lipinski definition) is 3. The topological polar surface area (TPSA) is 42.4 Å². The van der Waals surface area contributed by atoms with Crippen molar-refractivity contribution in [2.24, 2.45) is 0 Å². The molecular formula is C17H17FN2O2. The maximum atomic E-state index is 13.6. The molecule has 1 aliphatic heterocycles. The van der Waals surface area contributed by atoms with Crippen molar-refractivity contribution in [3.8, 4) is 0 Å². The van der Waals surface area contributed by atoms with Crippen LogP contribution in [0.3, 0.4) is 0 Å². The molecule has 0 radical (unpaired) electrons. The predicted molar refractivity (Wildman–Crippen MR) is 81.3 cm³/mol. The number of halogens is 1. The molecule has 3 rings (SSSR count). The van der Waals surface area contributed by atoms with Crippen molar-refractivity contribution in [2.75, 3.05) is 18.1 Å². The Morgan fingerprint density at radius 1 is 1.18 bits per heavy atom. The Morgan fingerprint density at radius 3 is 2.59 bits per heavy atom. The molecule has 2 heterocycles. The Bertz CT molecular complexity index is 642. The van der Waals surface area contributed by atoms with E-state index in [1.54, 1.807) is 41.6 Å². The van der Waals surface area contributed by atoms with Gasteiger partial charge in [0, 0.05) is 42.9 Å². The van der Waals surface area contributed by atoms with Crippen molar-refractivity contribution in [1.82, 2.24) is 4.98 Å². The minimum atomic E-state index is -0.350. The van der Waals surface area contributed by atoms with Gasteiger partial charge in [0.25, 0.3) is 5.91 Å². The third-order valence-corrected chi connectivity index (χ3v) is 3.79. The smallest absolute Gasteiger partial charge is 0.258 e. The quantitative estimate of drug-likeness (QED) is 0.875. The van der Waals surface area contributed by atoms with Gasteiger partial charge in [-0.15, -0.1) is 0 Å². The third-order valence-electron chi connectivity index (χ3n) is 3.79. The lowest BCUT2D eigenvalue weighted by atomic mass is 10.0. The molecule has 0 aliphatic carbocycles. The van der Waals surface area contributed by atoms with Crippen LogP contribution in [-0.2, 0) is 4.74 Å². The monoisotopic (exact) mass is 300 g/mol. The summed E-state index contributed by atoms with van der Waals surface area (Å²) in [7, 11) is 0. The molecule has 4 nitrogen and oxygen atoms in total. The zero-order chi connectivity index (χ0) is 15.4. The molecule has 2 aromatic rings. The van der Waals surface area contributed by atoms with E-state index in [-0.39, 0.29) is 17.8 Å². The average molecular weight is 300 g/mol. The van der Waals surface area contributed by atoms with Crippen molar-refractivity contribution in [3.05, 3.63) is 60.2 Å². The van der Waals surface area contributed by atoms with E-state index in [4.69, 9.17) is 4.74 Å². The summed E-state index contributed by atoms with van der Waals surface area (Å²) in [6.45, 7) is 1.22. The average Bonchev–Trinajstić information content (AvgIpc) is 2.57. The standard InChI is InChI=1S/C17H17FN2O2/c18-14-2-1-3-16(12-14)20(15-6-10-22-11-7-15)17(21)13-4-8-19-9-5-13/h1-5,8-9,12,15H,6-7,10-11H2. The maximum Gasteiger partial charge on any atom is 0.258 e. The lowest BCUT2D eigenvalue weighted by molar-refractivity contribution is 0.0772. The maximum absolute atomic E-state index is 13.6. The number of pyridine rings is 1. The first-order valence-corrected chi connectivity index (χ1v) is 7.32. The highest BCUT2D eigenvalue weighted by molar-refractivity contribution is 6.06. The minimum Gasteiger partial charge on any atom is -0.381 e. The highest BCUT2D eigenvalue weighted by Gasteiger charge is 2.28. The van der Waals surface area contributed by atoms with Crippen LogP contribution in [-0.4, -0.2) is 30.1 Å². The van der Waals surface area contributed by atoms with Crippen molar-refractivity contribution >= 4 is 11.6 Å². The van der Waals surface area contributed by atoms with Gasteiger partial charge in [-0.2, -0.15) is 0 Å². The zero-order valence-corrected chi connectivity index (χ0v) is 12.1. The molecule has 0 unspecified atom stereocenters. The summed E-state index contributed by atoms with van der Waals surface area (Å²) >= 11 is 0. The Balaban J connectivity index is 1.97. The lowest BCUT2D eigenvalue weighted by Crippen LogP contribution is -2.43. The van der Waals surface area contributed by atoms with Crippen LogP contribution in [0.4, 0.5) is 10.1 Å². The van der Waals surface area contributed by atoms with Crippen LogP contribution in [0, 0.1) is 5.82 Å². The predicted octanol–water partition coefficient (Wildman–Crippen LogP) is 3.05. The van der Waals surface area contributed by atoms with E-state index in [0.717, 1.165) is 12.8 Å². The second kappa shape index (κ2) is 6.66. The lowest BCUT2D eigenvalue weighted by Gasteiger charge is -2.34. The van der Waals surface area contributed by atoms with E-state index in [0.29, 0.717) is 24.5 Å². The fourth-order valence-corrected chi connectivity index (χ4v) is 2.70. The van der Waals surface area contributed by atoms with E-state index >= 15 is 0 Å². The molecule has 0 atom stereocenters. The molecule has 22 heavy (non-hydrogen) atoms. The van der Waals surface area contributed by atoms with E-state index in [2.05, 4.69) is 4.98 Å². The van der Waals surface area contributed by atoms with Crippen LogP contribution < -0.4 is 4.90 Å². The number of carbonyl (C=O) groups excluding carboxylic acids is 1. The number of ether oxygens (including phenoxy) is 1. The summed E-state index contributed by atoms with van der Waals surface area (Å²) in [5.41, 5.74) is 1.12. The summed E-state index contributed by atoms with van der Waals surface area (Å²) in [4.78, 5) is 18.5. The summed E-state index contributed by atoms with van der Waals surface area (Å²) in [6.07, 6.45) is 4.66. The van der Waals surface area contributed by atoms with Crippen molar-refractivity contribution in [2.45, 2.75) is 18.9 Å². The molecule has 0 saturated carbocycles. The normalized spacial score (nSPS) is 15.5. The fraction of sp³-hybridized carbons (Fsp3) is 0.294. The molecule has 1 aliphatic rings. The molecule has 114 valence electrons. The van der Waals surface area contributed by atoms with Crippen LogP contribution in [0.1, 0.15) is 23.2 Å². The molecule has 1 fully saturated rings. The Hall–Kier alpha value is -2.27. The second-order valence-corrected chi connectivity index (χ2v) is 5.23. The Kier molecular flexibility index (Phi) is 4.44. The van der Waals surface area contributed by atoms with Gasteiger partial charge in [0.15, 0.2) is 0 Å². The van der Waals surface area contributed by atoms with E-state index < -0.39 is 0 Å². The van der Waals surface area contributed by atoms with Gasteiger partial charge in [-0.25, -0.2) is 4.39 Å². The number of carbonyl (C=O) groups is 1. The highest BCUT2D eigenvalue weighted by Crippen LogP contribution is 2.25. The zero-order valence-electron chi connectivity index (χ0n) is 12.1. The van der Waals surface area contributed by atoms with Crippen molar-refractivity contribution < 1.29 is 13.9 Å². The first-order valence-electron chi connectivity index (χ1n) is 7.32. The molecular weight excluding hydrogens is 283 g/mol. The molecule has 1 aromatic heterocycles. The first kappa shape index (κ1) is 14.7. The number of amides is 1. The number of nitrogens with zero attached hydrogens (tertiary/aromatic N) is 2. The van der Waals surface area contributed by atoms with Gasteiger partial charge in [0.2, 0.25) is 0 Å². The summed E-state index contributed by atoms with van der Waals surface area (Å²) < 4.78 is 19.0. The van der Waals surface area contributed by atoms with Crippen molar-refractivity contribution in [3.63, 3.8) is 0 Å². The summed E-state index contributed by atoms with van der Waals surface area (Å²) in [5, 5.41) is 0. The molecule has 5 heteroatoms. The van der Waals surface area contributed by atoms with E-state index in [1.807, 2.05) is 0 Å². The highest BCUT2D eigenvalue weighted by atomic mass is 19.1. The van der Waals surface area contributed by atoms with Crippen LogP contribution in [0.25, 0.3) is 0 Å². The molecule has 0 bridgehead atoms. The van der Waals surface area contributed by atoms with Gasteiger partial charge in [0.05, 0.1) is 0 Å². The molecule has 0 N–H and O–H groups in total. The van der Waals surface area contributed by atoms with Crippen LogP contribution in [0.15, 0.2) is 48.8 Å². The summed E-state index contributed by atoms with van der Waals surface area (Å²) in [5.74, 6) is -0.489. The number of rotatable bonds is 3. The number of hydrogen-bond donors (Lipinski definition) is 0. The van der Waals surface area contributed by atoms with Crippen LogP contribution in [0.5, 0.6) is 0 Å². The van der Waals surface area contributed by atoms with Gasteiger partial charge >= 0.3 is 0 Å². The largest absolute Gasteiger partial charge is 0.381 e. The Morgan fingerprint density at radius 2 is 1.91 bits per heavy atom. The van der Waals surface area contributed by atoms with Crippen LogP contribution in [0.2, 0.25) is 0 Å². The molecule has 1 saturated heterocycles. The van der Waals surface area contributed by atoms with Gasteiger partial charge in [-0.1, -0.05) is 6.07 Å². The fourth-order valence-electron chi connectivity index (χ4n) is 2.70. The first-order chi connectivity index (χ1) is 10.8. The second-order valence-electron chi connectivity index (χ2n) is 5.23. The molecule has 0 spiro atoms.